The standard InChI is InChI=1S/C23H35N3O14/c1-14(27)35-10-21(34)40-22(39-18(5)31)6-7-25-19(32)8-24-9-20(33)26-23(11-36-15(2)28,12-37-16(3)29)13-38-17(4)30/h22,24H,6-13H2,1-5H3,(H,25,32)(H,26,33). The topological polar surface area (TPSA) is 228 Å². The van der Waals surface area contributed by atoms with Crippen LogP contribution in [0.25, 0.3) is 0 Å². The van der Waals surface area contributed by atoms with Gasteiger partial charge in [-0.1, -0.05) is 0 Å². The van der Waals surface area contributed by atoms with Gasteiger partial charge in [-0.05, 0) is 0 Å². The van der Waals surface area contributed by atoms with E-state index < -0.39 is 92.4 Å². The molecule has 0 aromatic heterocycles. The zero-order chi connectivity index (χ0) is 30.7. The number of hydrogen-bond acceptors (Lipinski definition) is 15. The Hall–Kier alpha value is -4.28. The number of nitrogens with one attached hydrogen (secondary N) is 3. The van der Waals surface area contributed by atoms with E-state index in [-0.39, 0.29) is 19.5 Å². The molecule has 0 radical (unpaired) electrons. The zero-order valence-electron chi connectivity index (χ0n) is 22.9. The smallest absolute Gasteiger partial charge is 0.347 e. The highest BCUT2D eigenvalue weighted by Gasteiger charge is 2.37. The first kappa shape index (κ1) is 35.7. The van der Waals surface area contributed by atoms with Crippen molar-refractivity contribution in [3.05, 3.63) is 0 Å². The molecule has 0 aromatic rings. The summed E-state index contributed by atoms with van der Waals surface area (Å²) in [5.74, 6) is -5.82. The van der Waals surface area contributed by atoms with Crippen molar-refractivity contribution in [2.24, 2.45) is 0 Å². The summed E-state index contributed by atoms with van der Waals surface area (Å²) >= 11 is 0. The molecule has 3 N–H and O–H groups in total. The Morgan fingerprint density at radius 3 is 1.55 bits per heavy atom. The average molecular weight is 578 g/mol. The molecule has 0 spiro atoms. The van der Waals surface area contributed by atoms with Crippen molar-refractivity contribution in [3.8, 4) is 0 Å². The molecule has 0 rings (SSSR count). The second-order valence-corrected chi connectivity index (χ2v) is 8.22. The molecule has 0 saturated heterocycles. The summed E-state index contributed by atoms with van der Waals surface area (Å²) in [7, 11) is 0. The fraction of sp³-hybridized carbons (Fsp3) is 0.652. The van der Waals surface area contributed by atoms with Crippen LogP contribution in [-0.2, 0) is 66.8 Å². The Bertz CT molecular complexity index is 890. The largest absolute Gasteiger partial charge is 0.463 e. The average Bonchev–Trinajstić information content (AvgIpc) is 2.83. The van der Waals surface area contributed by atoms with Crippen molar-refractivity contribution < 1.29 is 66.8 Å². The second-order valence-electron chi connectivity index (χ2n) is 8.22. The van der Waals surface area contributed by atoms with Gasteiger partial charge < -0.3 is 39.1 Å². The predicted octanol–water partition coefficient (Wildman–Crippen LogP) is -2.38. The van der Waals surface area contributed by atoms with E-state index in [9.17, 15) is 38.4 Å². The van der Waals surface area contributed by atoms with E-state index in [1.165, 1.54) is 0 Å². The molecule has 0 fully saturated rings. The monoisotopic (exact) mass is 577 g/mol. The molecule has 226 valence electrons. The van der Waals surface area contributed by atoms with Gasteiger partial charge in [-0.25, -0.2) is 4.79 Å². The lowest BCUT2D eigenvalue weighted by Crippen LogP contribution is -2.60. The van der Waals surface area contributed by atoms with Gasteiger partial charge in [-0.3, -0.25) is 38.9 Å². The van der Waals surface area contributed by atoms with E-state index in [4.69, 9.17) is 23.7 Å². The number of amides is 2. The van der Waals surface area contributed by atoms with Crippen LogP contribution in [0.2, 0.25) is 0 Å². The van der Waals surface area contributed by atoms with E-state index in [0.717, 1.165) is 34.6 Å². The van der Waals surface area contributed by atoms with Crippen LogP contribution in [0.1, 0.15) is 41.0 Å². The van der Waals surface area contributed by atoms with Crippen LogP contribution in [-0.4, -0.2) is 106 Å². The van der Waals surface area contributed by atoms with Gasteiger partial charge >= 0.3 is 35.8 Å². The van der Waals surface area contributed by atoms with Gasteiger partial charge in [-0.15, -0.1) is 0 Å². The summed E-state index contributed by atoms with van der Waals surface area (Å²) in [5, 5.41) is 7.51. The third-order valence-corrected chi connectivity index (χ3v) is 4.29. The minimum absolute atomic E-state index is 0.0955. The lowest BCUT2D eigenvalue weighted by atomic mass is 10.0. The maximum absolute atomic E-state index is 12.5. The number of ether oxygens (including phenoxy) is 6. The first-order chi connectivity index (χ1) is 18.6. The molecule has 0 aliphatic rings. The summed E-state index contributed by atoms with van der Waals surface area (Å²) in [6.45, 7) is 2.54. The number of esters is 6. The maximum atomic E-state index is 12.5. The third kappa shape index (κ3) is 18.9. The molecule has 0 aromatic carbocycles. The zero-order valence-corrected chi connectivity index (χ0v) is 22.9. The van der Waals surface area contributed by atoms with Crippen LogP contribution in [0.15, 0.2) is 0 Å². The van der Waals surface area contributed by atoms with E-state index in [0.29, 0.717) is 0 Å². The van der Waals surface area contributed by atoms with Crippen molar-refractivity contribution in [2.45, 2.75) is 52.9 Å². The quantitative estimate of drug-likeness (QED) is 0.0878. The van der Waals surface area contributed by atoms with Crippen LogP contribution in [0.5, 0.6) is 0 Å². The summed E-state index contributed by atoms with van der Waals surface area (Å²) < 4.78 is 29.0. The molecule has 17 nitrogen and oxygen atoms in total. The van der Waals surface area contributed by atoms with Crippen LogP contribution in [0.4, 0.5) is 0 Å². The van der Waals surface area contributed by atoms with E-state index in [1.54, 1.807) is 0 Å². The summed E-state index contributed by atoms with van der Waals surface area (Å²) in [6.07, 6.45) is -1.47. The van der Waals surface area contributed by atoms with Crippen molar-refractivity contribution >= 4 is 47.6 Å². The van der Waals surface area contributed by atoms with Crippen molar-refractivity contribution in [1.82, 2.24) is 16.0 Å². The van der Waals surface area contributed by atoms with Gasteiger partial charge in [0.15, 0.2) is 6.61 Å². The molecule has 1 unspecified atom stereocenters. The predicted molar refractivity (Wildman–Crippen MR) is 130 cm³/mol. The van der Waals surface area contributed by atoms with Crippen LogP contribution < -0.4 is 16.0 Å². The molecule has 2 amide bonds. The Kier molecular flexibility index (Phi) is 16.9. The highest BCUT2D eigenvalue weighted by Crippen LogP contribution is 2.10. The molecule has 0 aliphatic carbocycles. The van der Waals surface area contributed by atoms with Crippen molar-refractivity contribution in [2.75, 3.05) is 46.1 Å². The van der Waals surface area contributed by atoms with Gasteiger partial charge in [0.1, 0.15) is 25.4 Å². The van der Waals surface area contributed by atoms with Crippen LogP contribution >= 0.6 is 0 Å². The normalized spacial score (nSPS) is 11.2. The van der Waals surface area contributed by atoms with Crippen molar-refractivity contribution in [3.63, 3.8) is 0 Å². The summed E-state index contributed by atoms with van der Waals surface area (Å²) in [6, 6.07) is 0. The molecule has 1 atom stereocenters. The Morgan fingerprint density at radius 2 is 1.10 bits per heavy atom. The molecule has 17 heteroatoms. The van der Waals surface area contributed by atoms with Gasteiger partial charge in [0.05, 0.1) is 13.1 Å². The van der Waals surface area contributed by atoms with E-state index >= 15 is 0 Å². The summed E-state index contributed by atoms with van der Waals surface area (Å²) in [4.78, 5) is 92.2. The number of carbonyl (C=O) groups excluding carboxylic acids is 8. The summed E-state index contributed by atoms with van der Waals surface area (Å²) in [5.41, 5.74) is -1.59. The van der Waals surface area contributed by atoms with Gasteiger partial charge in [0, 0.05) is 47.6 Å². The fourth-order valence-corrected chi connectivity index (χ4v) is 2.64. The lowest BCUT2D eigenvalue weighted by molar-refractivity contribution is -0.191. The third-order valence-electron chi connectivity index (χ3n) is 4.29. The van der Waals surface area contributed by atoms with Crippen LogP contribution in [0.3, 0.4) is 0 Å². The molecule has 0 saturated carbocycles. The number of hydrogen-bond donors (Lipinski definition) is 3. The SMILES string of the molecule is CC(=O)OCC(=O)OC(CCNC(=O)CNCC(=O)NC(COC(C)=O)(COC(C)=O)COC(C)=O)OC(C)=O. The minimum Gasteiger partial charge on any atom is -0.463 e. The Labute approximate surface area is 229 Å². The fourth-order valence-electron chi connectivity index (χ4n) is 2.64. The molecular formula is C23H35N3O14. The second kappa shape index (κ2) is 18.9. The Balaban J connectivity index is 4.86. The maximum Gasteiger partial charge on any atom is 0.347 e. The first-order valence-electron chi connectivity index (χ1n) is 11.8. The molecule has 0 aliphatic heterocycles. The van der Waals surface area contributed by atoms with Gasteiger partial charge in [0.25, 0.3) is 0 Å². The number of carbonyl (C=O) groups is 8. The van der Waals surface area contributed by atoms with E-state index in [1.807, 2.05) is 0 Å². The molecule has 40 heavy (non-hydrogen) atoms. The van der Waals surface area contributed by atoms with Gasteiger partial charge in [-0.2, -0.15) is 0 Å². The van der Waals surface area contributed by atoms with Gasteiger partial charge in [0.2, 0.25) is 18.1 Å². The molecule has 0 bridgehead atoms. The number of rotatable bonds is 18. The Morgan fingerprint density at radius 1 is 0.625 bits per heavy atom. The van der Waals surface area contributed by atoms with Crippen LogP contribution in [0, 0.1) is 0 Å². The lowest BCUT2D eigenvalue weighted by Gasteiger charge is -2.32. The van der Waals surface area contributed by atoms with E-state index in [2.05, 4.69) is 20.7 Å². The minimum atomic E-state index is -1.59. The highest BCUT2D eigenvalue weighted by molar-refractivity contribution is 5.82. The first-order valence-corrected chi connectivity index (χ1v) is 11.8. The molecule has 0 heterocycles. The molecular weight excluding hydrogens is 542 g/mol. The highest BCUT2D eigenvalue weighted by atomic mass is 16.7. The van der Waals surface area contributed by atoms with Crippen molar-refractivity contribution in [1.29, 1.82) is 0 Å².